The lowest BCUT2D eigenvalue weighted by molar-refractivity contribution is -0.137. The van der Waals surface area contributed by atoms with E-state index in [0.29, 0.717) is 0 Å². The van der Waals surface area contributed by atoms with E-state index in [9.17, 15) is 27.9 Å². The number of hydrogen-bond acceptors (Lipinski definition) is 3. The molecule has 1 aliphatic heterocycles. The third kappa shape index (κ3) is 2.74. The van der Waals surface area contributed by atoms with E-state index in [2.05, 4.69) is 5.32 Å². The average molecular weight is 288 g/mol. The number of anilines is 1. The van der Waals surface area contributed by atoms with Gasteiger partial charge >= 0.3 is 6.18 Å². The van der Waals surface area contributed by atoms with Crippen LogP contribution in [0.4, 0.5) is 18.9 Å². The molecular weight excluding hydrogens is 277 g/mol. The molecule has 8 heteroatoms. The smallest absolute Gasteiger partial charge is 0.390 e. The van der Waals surface area contributed by atoms with Crippen LogP contribution in [0, 0.1) is 5.92 Å². The molecule has 1 aliphatic rings. The standard InChI is InChI=1S/C12H11F3N2O3/c13-12(14,15)6-3-1-2-4-7(6)17-11(20)9-8(18)5-16-10(9)19/h1-4,8-9,18H,5H2,(H,16,19)(H,17,20). The quantitative estimate of drug-likeness (QED) is 0.703. The normalized spacial score (nSPS) is 22.5. The van der Waals surface area contributed by atoms with Crippen LogP contribution in [0.3, 0.4) is 0 Å². The number of hydrogen-bond donors (Lipinski definition) is 3. The monoisotopic (exact) mass is 288 g/mol. The maximum atomic E-state index is 12.7. The number of aliphatic hydroxyl groups is 1. The van der Waals surface area contributed by atoms with Crippen LogP contribution >= 0.6 is 0 Å². The van der Waals surface area contributed by atoms with Gasteiger partial charge in [0, 0.05) is 6.54 Å². The minimum absolute atomic E-state index is 0.0994. The summed E-state index contributed by atoms with van der Waals surface area (Å²) in [6.45, 7) is -0.0994. The van der Waals surface area contributed by atoms with Gasteiger partial charge in [0.15, 0.2) is 0 Å². The van der Waals surface area contributed by atoms with Crippen molar-refractivity contribution in [3.8, 4) is 0 Å². The molecule has 0 aromatic heterocycles. The maximum absolute atomic E-state index is 12.7. The fraction of sp³-hybridized carbons (Fsp3) is 0.333. The van der Waals surface area contributed by atoms with Crippen LogP contribution in [0.25, 0.3) is 0 Å². The third-order valence-corrected chi connectivity index (χ3v) is 2.93. The molecule has 1 aromatic carbocycles. The van der Waals surface area contributed by atoms with Crippen LogP contribution in [0.2, 0.25) is 0 Å². The highest BCUT2D eigenvalue weighted by Crippen LogP contribution is 2.34. The summed E-state index contributed by atoms with van der Waals surface area (Å²) in [4.78, 5) is 23.2. The Hall–Kier alpha value is -2.09. The Balaban J connectivity index is 2.23. The molecule has 1 heterocycles. The summed E-state index contributed by atoms with van der Waals surface area (Å²) in [7, 11) is 0. The summed E-state index contributed by atoms with van der Waals surface area (Å²) >= 11 is 0. The van der Waals surface area contributed by atoms with Gasteiger partial charge in [0.1, 0.15) is 5.92 Å². The Labute approximate surface area is 111 Å². The fourth-order valence-electron chi connectivity index (χ4n) is 1.95. The largest absolute Gasteiger partial charge is 0.418 e. The predicted octanol–water partition coefficient (Wildman–Crippen LogP) is 0.751. The van der Waals surface area contributed by atoms with Crippen molar-refractivity contribution in [2.75, 3.05) is 11.9 Å². The second-order valence-electron chi connectivity index (χ2n) is 4.32. The molecule has 2 atom stereocenters. The molecule has 2 unspecified atom stereocenters. The van der Waals surface area contributed by atoms with E-state index < -0.39 is 41.3 Å². The molecule has 5 nitrogen and oxygen atoms in total. The van der Waals surface area contributed by atoms with Crippen molar-refractivity contribution in [2.24, 2.45) is 5.92 Å². The van der Waals surface area contributed by atoms with Crippen molar-refractivity contribution < 1.29 is 27.9 Å². The van der Waals surface area contributed by atoms with Gasteiger partial charge in [-0.1, -0.05) is 12.1 Å². The zero-order chi connectivity index (χ0) is 14.9. The van der Waals surface area contributed by atoms with Crippen LogP contribution in [0.1, 0.15) is 5.56 Å². The van der Waals surface area contributed by atoms with E-state index in [-0.39, 0.29) is 6.54 Å². The highest BCUT2D eigenvalue weighted by Gasteiger charge is 2.40. The molecule has 0 radical (unpaired) electrons. The second-order valence-corrected chi connectivity index (χ2v) is 4.32. The Morgan fingerprint density at radius 2 is 2.00 bits per heavy atom. The number of carbonyl (C=O) groups excluding carboxylic acids is 2. The molecule has 1 saturated heterocycles. The van der Waals surface area contributed by atoms with E-state index in [1.54, 1.807) is 0 Å². The highest BCUT2D eigenvalue weighted by molar-refractivity contribution is 6.08. The number of para-hydroxylation sites is 1. The van der Waals surface area contributed by atoms with Crippen molar-refractivity contribution in [3.63, 3.8) is 0 Å². The Bertz CT molecular complexity index is 545. The van der Waals surface area contributed by atoms with Gasteiger partial charge in [0.05, 0.1) is 17.4 Å². The number of rotatable bonds is 2. The molecule has 20 heavy (non-hydrogen) atoms. The predicted molar refractivity (Wildman–Crippen MR) is 62.6 cm³/mol. The molecule has 0 spiro atoms. The number of aliphatic hydroxyl groups excluding tert-OH is 1. The topological polar surface area (TPSA) is 78.4 Å². The molecule has 108 valence electrons. The summed E-state index contributed by atoms with van der Waals surface area (Å²) in [6, 6.07) is 4.42. The number of β-amino-alcohol motifs (C(OH)–C–C–N with tert-alkyl or cyclic N) is 1. The highest BCUT2D eigenvalue weighted by atomic mass is 19.4. The van der Waals surface area contributed by atoms with Gasteiger partial charge in [-0.05, 0) is 12.1 Å². The first-order chi connectivity index (χ1) is 9.30. The Morgan fingerprint density at radius 1 is 1.35 bits per heavy atom. The van der Waals surface area contributed by atoms with Gasteiger partial charge in [-0.2, -0.15) is 13.2 Å². The minimum atomic E-state index is -4.62. The molecule has 0 bridgehead atoms. The molecule has 1 aromatic rings. The molecular formula is C12H11F3N2O3. The average Bonchev–Trinajstić information content (AvgIpc) is 2.68. The molecule has 2 rings (SSSR count). The van der Waals surface area contributed by atoms with E-state index in [1.807, 2.05) is 5.32 Å². The first kappa shape index (κ1) is 14.3. The van der Waals surface area contributed by atoms with Crippen LogP contribution in [-0.2, 0) is 15.8 Å². The number of alkyl halides is 3. The maximum Gasteiger partial charge on any atom is 0.418 e. The fourth-order valence-corrected chi connectivity index (χ4v) is 1.95. The molecule has 1 fully saturated rings. The van der Waals surface area contributed by atoms with E-state index in [4.69, 9.17) is 0 Å². The minimum Gasteiger partial charge on any atom is -0.390 e. The van der Waals surface area contributed by atoms with Crippen molar-refractivity contribution in [3.05, 3.63) is 29.8 Å². The Kier molecular flexibility index (Phi) is 3.67. The number of halogens is 3. The van der Waals surface area contributed by atoms with Crippen LogP contribution in [0.5, 0.6) is 0 Å². The lowest BCUT2D eigenvalue weighted by Crippen LogP contribution is -2.35. The molecule has 3 N–H and O–H groups in total. The van der Waals surface area contributed by atoms with Gasteiger partial charge in [-0.25, -0.2) is 0 Å². The van der Waals surface area contributed by atoms with Crippen LogP contribution in [-0.4, -0.2) is 29.6 Å². The van der Waals surface area contributed by atoms with Crippen LogP contribution in [0.15, 0.2) is 24.3 Å². The lowest BCUT2D eigenvalue weighted by Gasteiger charge is -2.16. The van der Waals surface area contributed by atoms with Gasteiger partial charge < -0.3 is 15.7 Å². The molecule has 0 aliphatic carbocycles. The number of amides is 2. The summed E-state index contributed by atoms with van der Waals surface area (Å²) in [5, 5.41) is 13.8. The second kappa shape index (κ2) is 5.12. The van der Waals surface area contributed by atoms with Gasteiger partial charge in [-0.15, -0.1) is 0 Å². The van der Waals surface area contributed by atoms with E-state index >= 15 is 0 Å². The van der Waals surface area contributed by atoms with E-state index in [0.717, 1.165) is 12.1 Å². The molecule has 2 amide bonds. The lowest BCUT2D eigenvalue weighted by atomic mass is 10.0. The summed E-state index contributed by atoms with van der Waals surface area (Å²) < 4.78 is 38.2. The summed E-state index contributed by atoms with van der Waals surface area (Å²) in [5.74, 6) is -3.08. The molecule has 0 saturated carbocycles. The van der Waals surface area contributed by atoms with Gasteiger partial charge in [-0.3, -0.25) is 9.59 Å². The van der Waals surface area contributed by atoms with Gasteiger partial charge in [0.25, 0.3) is 0 Å². The van der Waals surface area contributed by atoms with Crippen molar-refractivity contribution in [1.82, 2.24) is 5.32 Å². The summed E-state index contributed by atoms with van der Waals surface area (Å²) in [6.07, 6.45) is -5.87. The zero-order valence-corrected chi connectivity index (χ0v) is 10.1. The summed E-state index contributed by atoms with van der Waals surface area (Å²) in [5.41, 5.74) is -1.46. The number of benzene rings is 1. The number of carbonyl (C=O) groups is 2. The zero-order valence-electron chi connectivity index (χ0n) is 10.1. The van der Waals surface area contributed by atoms with Crippen molar-refractivity contribution >= 4 is 17.5 Å². The third-order valence-electron chi connectivity index (χ3n) is 2.93. The number of nitrogens with one attached hydrogen (secondary N) is 2. The Morgan fingerprint density at radius 3 is 2.55 bits per heavy atom. The van der Waals surface area contributed by atoms with E-state index in [1.165, 1.54) is 12.1 Å². The van der Waals surface area contributed by atoms with Crippen molar-refractivity contribution in [1.29, 1.82) is 0 Å². The van der Waals surface area contributed by atoms with Gasteiger partial charge in [0.2, 0.25) is 11.8 Å². The first-order valence-corrected chi connectivity index (χ1v) is 5.73. The first-order valence-electron chi connectivity index (χ1n) is 5.73. The van der Waals surface area contributed by atoms with Crippen molar-refractivity contribution in [2.45, 2.75) is 12.3 Å². The van der Waals surface area contributed by atoms with Crippen LogP contribution < -0.4 is 10.6 Å². The SMILES string of the molecule is O=C1NCC(O)C1C(=O)Nc1ccccc1C(F)(F)F.